The maximum Gasteiger partial charge on any atom is 0.239 e. The predicted molar refractivity (Wildman–Crippen MR) is 111 cm³/mol. The van der Waals surface area contributed by atoms with Gasteiger partial charge in [0.25, 0.3) is 0 Å². The summed E-state index contributed by atoms with van der Waals surface area (Å²) in [6.07, 6.45) is 0.877. The number of ether oxygens (including phenoxy) is 1. The molecule has 27 heavy (non-hydrogen) atoms. The van der Waals surface area contributed by atoms with Gasteiger partial charge in [-0.2, -0.15) is 0 Å². The van der Waals surface area contributed by atoms with Crippen molar-refractivity contribution in [2.45, 2.75) is 24.3 Å². The Morgan fingerprint density at radius 3 is 2.59 bits per heavy atom. The first-order valence-electron chi connectivity index (χ1n) is 8.66. The van der Waals surface area contributed by atoms with E-state index in [1.165, 1.54) is 23.9 Å². The van der Waals surface area contributed by atoms with E-state index in [0.717, 1.165) is 33.7 Å². The van der Waals surface area contributed by atoms with Crippen molar-refractivity contribution in [3.8, 4) is 5.75 Å². The van der Waals surface area contributed by atoms with E-state index in [9.17, 15) is 9.18 Å². The number of halogens is 1. The number of rotatable bonds is 6. The van der Waals surface area contributed by atoms with E-state index in [-0.39, 0.29) is 17.8 Å². The number of amidine groups is 1. The van der Waals surface area contributed by atoms with Gasteiger partial charge >= 0.3 is 0 Å². The Kier molecular flexibility index (Phi) is 6.79. The van der Waals surface area contributed by atoms with Crippen molar-refractivity contribution >= 4 is 40.3 Å². The van der Waals surface area contributed by atoms with Crippen LogP contribution < -0.4 is 4.74 Å². The number of carbonyl (C=O) groups excluding carboxylic acids is 1. The summed E-state index contributed by atoms with van der Waals surface area (Å²) in [7, 11) is 1.62. The Labute approximate surface area is 167 Å². The summed E-state index contributed by atoms with van der Waals surface area (Å²) < 4.78 is 18.2. The molecule has 0 aliphatic carbocycles. The molecular formula is C20H21FN2O2S2. The molecule has 1 fully saturated rings. The average molecular weight is 405 g/mol. The highest BCUT2D eigenvalue weighted by Crippen LogP contribution is 2.30. The lowest BCUT2D eigenvalue weighted by molar-refractivity contribution is -0.125. The third-order valence-electron chi connectivity index (χ3n) is 4.19. The van der Waals surface area contributed by atoms with Crippen molar-refractivity contribution < 1.29 is 13.9 Å². The zero-order valence-corrected chi connectivity index (χ0v) is 16.9. The SMILES string of the molecule is CCC1CSC(=Nc2ccc(OC)cc2)N1C(=O)CSc1ccc(F)cc1. The molecule has 1 atom stereocenters. The number of benzene rings is 2. The number of methoxy groups -OCH3 is 1. The summed E-state index contributed by atoms with van der Waals surface area (Å²) in [6, 6.07) is 13.8. The molecule has 1 aliphatic rings. The number of hydrogen-bond donors (Lipinski definition) is 0. The van der Waals surface area contributed by atoms with Crippen LogP contribution in [0, 0.1) is 5.82 Å². The first-order chi connectivity index (χ1) is 13.1. The number of hydrogen-bond acceptors (Lipinski definition) is 5. The second-order valence-electron chi connectivity index (χ2n) is 5.97. The zero-order chi connectivity index (χ0) is 19.2. The molecule has 0 spiro atoms. The number of carbonyl (C=O) groups is 1. The number of amides is 1. The second kappa shape index (κ2) is 9.28. The molecule has 0 aromatic heterocycles. The van der Waals surface area contributed by atoms with Gasteiger partial charge < -0.3 is 4.74 Å². The molecule has 142 valence electrons. The van der Waals surface area contributed by atoms with Crippen LogP contribution in [0.5, 0.6) is 5.75 Å². The summed E-state index contributed by atoms with van der Waals surface area (Å²) in [4.78, 5) is 20.2. The summed E-state index contributed by atoms with van der Waals surface area (Å²) in [5, 5.41) is 0.733. The molecule has 3 rings (SSSR count). The number of nitrogens with zero attached hydrogens (tertiary/aromatic N) is 2. The minimum Gasteiger partial charge on any atom is -0.497 e. The normalized spacial score (nSPS) is 18.1. The standard InChI is InChI=1S/C20H21FN2O2S2/c1-3-16-12-27-20(22-15-6-8-17(25-2)9-7-15)23(16)19(24)13-26-18-10-4-14(21)5-11-18/h4-11,16H,3,12-13H2,1-2H3. The Hall–Kier alpha value is -1.99. The fourth-order valence-corrected chi connectivity index (χ4v) is 4.72. The molecule has 1 amide bonds. The number of thioether (sulfide) groups is 2. The molecule has 1 heterocycles. The lowest BCUT2D eigenvalue weighted by Gasteiger charge is -2.23. The van der Waals surface area contributed by atoms with Gasteiger partial charge in [-0.3, -0.25) is 9.69 Å². The molecule has 2 aromatic carbocycles. The minimum atomic E-state index is -0.276. The Morgan fingerprint density at radius 2 is 1.96 bits per heavy atom. The van der Waals surface area contributed by atoms with Crippen molar-refractivity contribution in [3.05, 3.63) is 54.3 Å². The first-order valence-corrected chi connectivity index (χ1v) is 10.6. The highest BCUT2D eigenvalue weighted by Gasteiger charge is 2.33. The van der Waals surface area contributed by atoms with Crippen molar-refractivity contribution in [1.82, 2.24) is 4.90 Å². The smallest absolute Gasteiger partial charge is 0.239 e. The van der Waals surface area contributed by atoms with Crippen molar-refractivity contribution in [2.24, 2.45) is 4.99 Å². The first kappa shape index (κ1) is 19.8. The van der Waals surface area contributed by atoms with Crippen LogP contribution in [0.1, 0.15) is 13.3 Å². The fourth-order valence-electron chi connectivity index (χ4n) is 2.68. The van der Waals surface area contributed by atoms with E-state index in [2.05, 4.69) is 11.9 Å². The number of aliphatic imine (C=N–C) groups is 1. The molecule has 2 aromatic rings. The summed E-state index contributed by atoms with van der Waals surface area (Å²) >= 11 is 3.02. The van der Waals surface area contributed by atoms with Crippen LogP contribution in [0.25, 0.3) is 0 Å². The zero-order valence-electron chi connectivity index (χ0n) is 15.2. The van der Waals surface area contributed by atoms with Crippen LogP contribution in [-0.2, 0) is 4.79 Å². The molecule has 0 bridgehead atoms. The molecule has 1 aliphatic heterocycles. The molecule has 1 unspecified atom stereocenters. The fraction of sp³-hybridized carbons (Fsp3) is 0.300. The molecular weight excluding hydrogens is 383 g/mol. The van der Waals surface area contributed by atoms with E-state index in [1.807, 2.05) is 29.2 Å². The Morgan fingerprint density at radius 1 is 1.26 bits per heavy atom. The molecule has 0 N–H and O–H groups in total. The van der Waals surface area contributed by atoms with E-state index in [4.69, 9.17) is 4.74 Å². The van der Waals surface area contributed by atoms with Crippen LogP contribution in [0.3, 0.4) is 0 Å². The lowest BCUT2D eigenvalue weighted by Crippen LogP contribution is -2.40. The molecule has 0 saturated carbocycles. The van der Waals surface area contributed by atoms with Gasteiger partial charge in [0.15, 0.2) is 5.17 Å². The topological polar surface area (TPSA) is 41.9 Å². The van der Waals surface area contributed by atoms with Gasteiger partial charge in [0.05, 0.1) is 18.6 Å². The van der Waals surface area contributed by atoms with E-state index < -0.39 is 0 Å². The Bertz CT molecular complexity index is 810. The van der Waals surface area contributed by atoms with E-state index in [1.54, 1.807) is 31.0 Å². The van der Waals surface area contributed by atoms with Gasteiger partial charge in [-0.1, -0.05) is 18.7 Å². The quantitative estimate of drug-likeness (QED) is 0.638. The van der Waals surface area contributed by atoms with E-state index >= 15 is 0 Å². The summed E-state index contributed by atoms with van der Waals surface area (Å²) in [6.45, 7) is 2.08. The second-order valence-corrected chi connectivity index (χ2v) is 8.01. The molecule has 4 nitrogen and oxygen atoms in total. The van der Waals surface area contributed by atoms with Gasteiger partial charge in [-0.05, 0) is 55.0 Å². The van der Waals surface area contributed by atoms with Crippen molar-refractivity contribution in [1.29, 1.82) is 0 Å². The third-order valence-corrected chi connectivity index (χ3v) is 6.28. The van der Waals surface area contributed by atoms with Crippen molar-refractivity contribution in [3.63, 3.8) is 0 Å². The summed E-state index contributed by atoms with van der Waals surface area (Å²) in [5.41, 5.74) is 0.791. The van der Waals surface area contributed by atoms with Gasteiger partial charge in [-0.25, -0.2) is 9.38 Å². The largest absolute Gasteiger partial charge is 0.497 e. The van der Waals surface area contributed by atoms with Gasteiger partial charge in [0.2, 0.25) is 5.91 Å². The maximum absolute atomic E-state index is 13.0. The van der Waals surface area contributed by atoms with Crippen LogP contribution in [0.15, 0.2) is 58.4 Å². The minimum absolute atomic E-state index is 0.0217. The molecule has 1 saturated heterocycles. The maximum atomic E-state index is 13.0. The highest BCUT2D eigenvalue weighted by atomic mass is 32.2. The van der Waals surface area contributed by atoms with Gasteiger partial charge in [0.1, 0.15) is 11.6 Å². The molecule has 0 radical (unpaired) electrons. The average Bonchev–Trinajstić information content (AvgIpc) is 3.10. The van der Waals surface area contributed by atoms with Crippen LogP contribution >= 0.6 is 23.5 Å². The van der Waals surface area contributed by atoms with Crippen LogP contribution in [0.4, 0.5) is 10.1 Å². The predicted octanol–water partition coefficient (Wildman–Crippen LogP) is 4.97. The van der Waals surface area contributed by atoms with Crippen LogP contribution in [-0.4, -0.2) is 40.6 Å². The Balaban J connectivity index is 1.73. The van der Waals surface area contributed by atoms with Gasteiger partial charge in [0, 0.05) is 16.7 Å². The van der Waals surface area contributed by atoms with E-state index in [0.29, 0.717) is 5.75 Å². The highest BCUT2D eigenvalue weighted by molar-refractivity contribution is 8.14. The summed E-state index contributed by atoms with van der Waals surface area (Å²) in [5.74, 6) is 1.66. The monoisotopic (exact) mass is 404 g/mol. The molecule has 7 heteroatoms. The van der Waals surface area contributed by atoms with Crippen molar-refractivity contribution in [2.75, 3.05) is 18.6 Å². The lowest BCUT2D eigenvalue weighted by atomic mass is 10.2. The van der Waals surface area contributed by atoms with Crippen LogP contribution in [0.2, 0.25) is 0 Å². The third kappa shape index (κ3) is 5.05. The van der Waals surface area contributed by atoms with Gasteiger partial charge in [-0.15, -0.1) is 11.8 Å².